The van der Waals surface area contributed by atoms with Crippen molar-refractivity contribution in [3.8, 4) is 0 Å². The van der Waals surface area contributed by atoms with Crippen LogP contribution >= 0.6 is 0 Å². The standard InChI is InChI=1S/C55H101NO10/c1-4-7-10-13-16-19-22-24-25-26-28-31-34-37-40-43-50(60)66-53-52(62)51(61)49(44-57)65-55(53)64-45-46(47(58)41-38-35-32-30-27-23-20-17-14-11-8-5-2)56-54(63)48(59)42-39-36-33-29-21-18-15-12-9-6-3/h16,19,22,24,38,41,46-49,51-53,55,57-59,61-62H,4-15,17-18,20-21,23,25-37,39-40,42-45H2,1-3H3,(H,56,63)/b19-16+,24-22+,41-38+. The zero-order valence-corrected chi connectivity index (χ0v) is 42.3. The van der Waals surface area contributed by atoms with E-state index in [2.05, 4.69) is 50.4 Å². The monoisotopic (exact) mass is 936 g/mol. The minimum absolute atomic E-state index is 0.112. The van der Waals surface area contributed by atoms with E-state index in [1.54, 1.807) is 6.08 Å². The van der Waals surface area contributed by atoms with Crippen molar-refractivity contribution in [2.24, 2.45) is 0 Å². The third-order valence-electron chi connectivity index (χ3n) is 12.8. The molecule has 0 aromatic heterocycles. The summed E-state index contributed by atoms with van der Waals surface area (Å²) in [7, 11) is 0. The molecule has 1 aliphatic heterocycles. The second kappa shape index (κ2) is 44.1. The molecule has 0 radical (unpaired) electrons. The highest BCUT2D eigenvalue weighted by Crippen LogP contribution is 2.26. The maximum Gasteiger partial charge on any atom is 0.306 e. The van der Waals surface area contributed by atoms with E-state index in [0.717, 1.165) is 83.5 Å². The average Bonchev–Trinajstić information content (AvgIpc) is 3.31. The molecule has 0 spiro atoms. The zero-order chi connectivity index (χ0) is 48.3. The number of amides is 1. The Hall–Kier alpha value is -2.12. The zero-order valence-electron chi connectivity index (χ0n) is 42.3. The number of hydrogen-bond donors (Lipinski definition) is 6. The number of carbonyl (C=O) groups excluding carboxylic acids is 2. The van der Waals surface area contributed by atoms with Gasteiger partial charge in [-0.05, 0) is 51.4 Å². The van der Waals surface area contributed by atoms with Crippen molar-refractivity contribution < 1.29 is 49.3 Å². The second-order valence-corrected chi connectivity index (χ2v) is 19.0. The molecule has 8 atom stereocenters. The number of aliphatic hydroxyl groups is 5. The fraction of sp³-hybridized carbons (Fsp3) is 0.855. The van der Waals surface area contributed by atoms with Crippen LogP contribution in [0.4, 0.5) is 0 Å². The molecule has 11 nitrogen and oxygen atoms in total. The van der Waals surface area contributed by atoms with E-state index in [1.807, 2.05) is 6.08 Å². The Morgan fingerprint density at radius 3 is 1.55 bits per heavy atom. The van der Waals surface area contributed by atoms with Gasteiger partial charge >= 0.3 is 5.97 Å². The van der Waals surface area contributed by atoms with Crippen molar-refractivity contribution in [3.63, 3.8) is 0 Å². The molecule has 1 saturated heterocycles. The molecule has 1 amide bonds. The Morgan fingerprint density at radius 2 is 1.03 bits per heavy atom. The maximum atomic E-state index is 13.3. The first kappa shape index (κ1) is 61.9. The summed E-state index contributed by atoms with van der Waals surface area (Å²) in [5.74, 6) is -1.20. The predicted octanol–water partition coefficient (Wildman–Crippen LogP) is 11.6. The number of aliphatic hydroxyl groups excluding tert-OH is 5. The van der Waals surface area contributed by atoms with Gasteiger partial charge in [0.2, 0.25) is 5.91 Å². The van der Waals surface area contributed by atoms with Crippen LogP contribution in [0, 0.1) is 0 Å². The number of rotatable bonds is 45. The normalized spacial score (nSPS) is 20.4. The molecule has 66 heavy (non-hydrogen) atoms. The van der Waals surface area contributed by atoms with Crippen molar-refractivity contribution in [2.45, 2.75) is 288 Å². The van der Waals surface area contributed by atoms with Crippen LogP contribution in [0.3, 0.4) is 0 Å². The first-order valence-corrected chi connectivity index (χ1v) is 27.3. The average molecular weight is 936 g/mol. The number of unbranched alkanes of at least 4 members (excludes halogenated alkanes) is 28. The summed E-state index contributed by atoms with van der Waals surface area (Å²) in [6.07, 6.45) is 39.1. The fourth-order valence-electron chi connectivity index (χ4n) is 8.41. The highest BCUT2D eigenvalue weighted by Gasteiger charge is 2.47. The summed E-state index contributed by atoms with van der Waals surface area (Å²) in [4.78, 5) is 26.3. The van der Waals surface area contributed by atoms with Crippen LogP contribution in [-0.2, 0) is 23.8 Å². The van der Waals surface area contributed by atoms with Crippen molar-refractivity contribution in [3.05, 3.63) is 36.5 Å². The second-order valence-electron chi connectivity index (χ2n) is 19.0. The van der Waals surface area contributed by atoms with Crippen molar-refractivity contribution in [1.29, 1.82) is 0 Å². The number of allylic oxidation sites excluding steroid dienone is 5. The molecule has 11 heteroatoms. The third kappa shape index (κ3) is 32.6. The van der Waals surface area contributed by atoms with E-state index in [4.69, 9.17) is 14.2 Å². The van der Waals surface area contributed by atoms with Crippen molar-refractivity contribution >= 4 is 11.9 Å². The van der Waals surface area contributed by atoms with Gasteiger partial charge in [-0.15, -0.1) is 0 Å². The number of nitrogens with one attached hydrogen (secondary N) is 1. The lowest BCUT2D eigenvalue weighted by Crippen LogP contribution is -2.61. The molecule has 0 bridgehead atoms. The number of hydrogen-bond acceptors (Lipinski definition) is 10. The smallest absolute Gasteiger partial charge is 0.306 e. The van der Waals surface area contributed by atoms with E-state index in [9.17, 15) is 35.1 Å². The lowest BCUT2D eigenvalue weighted by molar-refractivity contribution is -0.305. The lowest BCUT2D eigenvalue weighted by Gasteiger charge is -2.41. The van der Waals surface area contributed by atoms with Gasteiger partial charge in [-0.25, -0.2) is 0 Å². The van der Waals surface area contributed by atoms with Crippen LogP contribution < -0.4 is 5.32 Å². The molecule has 8 unspecified atom stereocenters. The van der Waals surface area contributed by atoms with Crippen molar-refractivity contribution in [1.82, 2.24) is 5.32 Å². The molecular weight excluding hydrogens is 835 g/mol. The van der Waals surface area contributed by atoms with Gasteiger partial charge in [0.1, 0.15) is 24.4 Å². The van der Waals surface area contributed by atoms with Gasteiger partial charge in [-0.3, -0.25) is 9.59 Å². The summed E-state index contributed by atoms with van der Waals surface area (Å²) in [6, 6.07) is -1.02. The van der Waals surface area contributed by atoms with Crippen LogP contribution in [0.1, 0.15) is 239 Å². The first-order chi connectivity index (χ1) is 32.2. The van der Waals surface area contributed by atoms with Gasteiger partial charge in [0.15, 0.2) is 12.4 Å². The van der Waals surface area contributed by atoms with Crippen LogP contribution in [0.5, 0.6) is 0 Å². The van der Waals surface area contributed by atoms with Crippen molar-refractivity contribution in [2.75, 3.05) is 13.2 Å². The number of esters is 1. The number of carbonyl (C=O) groups is 2. The fourth-order valence-corrected chi connectivity index (χ4v) is 8.41. The molecule has 1 aliphatic rings. The minimum Gasteiger partial charge on any atom is -0.454 e. The van der Waals surface area contributed by atoms with Crippen LogP contribution in [0.15, 0.2) is 36.5 Å². The van der Waals surface area contributed by atoms with Gasteiger partial charge in [-0.1, -0.05) is 218 Å². The molecule has 0 aliphatic carbocycles. The van der Waals surface area contributed by atoms with Crippen LogP contribution in [0.25, 0.3) is 0 Å². The van der Waals surface area contributed by atoms with Gasteiger partial charge in [0, 0.05) is 6.42 Å². The molecule has 0 saturated carbocycles. The maximum absolute atomic E-state index is 13.3. The summed E-state index contributed by atoms with van der Waals surface area (Å²) in [6.45, 7) is 5.72. The Kier molecular flexibility index (Phi) is 41.4. The molecule has 1 heterocycles. The molecule has 386 valence electrons. The predicted molar refractivity (Wildman–Crippen MR) is 269 cm³/mol. The highest BCUT2D eigenvalue weighted by molar-refractivity contribution is 5.80. The Labute approximate surface area is 403 Å². The summed E-state index contributed by atoms with van der Waals surface area (Å²) < 4.78 is 17.5. The van der Waals surface area contributed by atoms with Crippen LogP contribution in [0.2, 0.25) is 0 Å². The largest absolute Gasteiger partial charge is 0.454 e. The Balaban J connectivity index is 2.76. The summed E-state index contributed by atoms with van der Waals surface area (Å²) in [5, 5.41) is 56.6. The van der Waals surface area contributed by atoms with E-state index in [1.165, 1.54) is 109 Å². The Bertz CT molecular complexity index is 1210. The van der Waals surface area contributed by atoms with E-state index >= 15 is 0 Å². The molecular formula is C55H101NO10. The summed E-state index contributed by atoms with van der Waals surface area (Å²) in [5.41, 5.74) is 0. The molecule has 1 fully saturated rings. The van der Waals surface area contributed by atoms with Gasteiger partial charge in [0.25, 0.3) is 0 Å². The van der Waals surface area contributed by atoms with Gasteiger partial charge in [-0.2, -0.15) is 0 Å². The third-order valence-corrected chi connectivity index (χ3v) is 12.8. The number of ether oxygens (including phenoxy) is 3. The summed E-state index contributed by atoms with van der Waals surface area (Å²) >= 11 is 0. The lowest BCUT2D eigenvalue weighted by atomic mass is 9.99. The van der Waals surface area contributed by atoms with Gasteiger partial charge < -0.3 is 45.1 Å². The van der Waals surface area contributed by atoms with E-state index < -0.39 is 67.4 Å². The molecule has 0 aromatic carbocycles. The quantitative estimate of drug-likeness (QED) is 0.0149. The first-order valence-electron chi connectivity index (χ1n) is 27.3. The SMILES string of the molecule is CCCCC/C=C/C=C/CCCCCCCCC(=O)OC1C(OCC(NC(=O)C(O)CCCCCCCCCCCC)C(O)/C=C/CCCCCCCCCCCC)OC(CO)C(O)C1O. The Morgan fingerprint density at radius 1 is 0.591 bits per heavy atom. The van der Waals surface area contributed by atoms with E-state index in [0.29, 0.717) is 19.3 Å². The molecule has 6 N–H and O–H groups in total. The topological polar surface area (TPSA) is 175 Å². The minimum atomic E-state index is -1.61. The highest BCUT2D eigenvalue weighted by atomic mass is 16.7. The van der Waals surface area contributed by atoms with Gasteiger partial charge in [0.05, 0.1) is 25.4 Å². The molecule has 0 aromatic rings. The molecule has 1 rings (SSSR count). The van der Waals surface area contributed by atoms with Crippen LogP contribution in [-0.4, -0.2) is 99.6 Å². The van der Waals surface area contributed by atoms with E-state index in [-0.39, 0.29) is 13.0 Å².